The number of anilines is 1. The van der Waals surface area contributed by atoms with Crippen LogP contribution >= 0.6 is 0 Å². The van der Waals surface area contributed by atoms with Crippen molar-refractivity contribution < 1.29 is 8.42 Å². The van der Waals surface area contributed by atoms with Gasteiger partial charge in [0.25, 0.3) is 0 Å². The van der Waals surface area contributed by atoms with E-state index in [-0.39, 0.29) is 17.0 Å². The van der Waals surface area contributed by atoms with Gasteiger partial charge in [0, 0.05) is 11.7 Å². The van der Waals surface area contributed by atoms with Gasteiger partial charge in [0.15, 0.2) is 0 Å². The fourth-order valence-electron chi connectivity index (χ4n) is 1.40. The topological polar surface area (TPSA) is 58.2 Å². The zero-order valence-corrected chi connectivity index (χ0v) is 11.6. The number of rotatable bonds is 5. The lowest BCUT2D eigenvalue weighted by Crippen LogP contribution is -2.30. The van der Waals surface area contributed by atoms with Crippen molar-refractivity contribution in [2.45, 2.75) is 37.8 Å². The van der Waals surface area contributed by atoms with E-state index in [1.807, 2.05) is 6.92 Å². The number of benzene rings is 1. The Balaban J connectivity index is 2.87. The molecular formula is C13H18N2O2S. The summed E-state index contributed by atoms with van der Waals surface area (Å²) in [7, 11) is -3.43. The first-order valence-electron chi connectivity index (χ1n) is 5.70. The van der Waals surface area contributed by atoms with Gasteiger partial charge in [-0.15, -0.1) is 6.42 Å². The molecule has 0 aliphatic rings. The van der Waals surface area contributed by atoms with Gasteiger partial charge in [-0.1, -0.05) is 5.92 Å². The molecule has 1 aromatic carbocycles. The molecule has 0 fully saturated rings. The van der Waals surface area contributed by atoms with E-state index < -0.39 is 10.0 Å². The Hall–Kier alpha value is -1.51. The van der Waals surface area contributed by atoms with Crippen LogP contribution in [-0.2, 0) is 10.0 Å². The molecule has 2 N–H and O–H groups in total. The summed E-state index contributed by atoms with van der Waals surface area (Å²) >= 11 is 0. The highest BCUT2D eigenvalue weighted by Crippen LogP contribution is 2.14. The molecule has 0 spiro atoms. The van der Waals surface area contributed by atoms with Gasteiger partial charge >= 0.3 is 0 Å². The summed E-state index contributed by atoms with van der Waals surface area (Å²) in [6.45, 7) is 5.41. The first-order chi connectivity index (χ1) is 8.35. The Bertz CT molecular complexity index is 527. The van der Waals surface area contributed by atoms with Crippen molar-refractivity contribution >= 4 is 15.7 Å². The SMILES string of the molecule is C#CC(C)Nc1ccc(S(=O)(=O)NC(C)C)cc1. The maximum atomic E-state index is 11.9. The van der Waals surface area contributed by atoms with Gasteiger partial charge < -0.3 is 5.32 Å². The average Bonchev–Trinajstić information content (AvgIpc) is 2.28. The molecule has 0 aliphatic carbocycles. The lowest BCUT2D eigenvalue weighted by Gasteiger charge is -2.12. The molecule has 0 saturated heterocycles. The molecule has 1 rings (SSSR count). The molecule has 0 saturated carbocycles. The summed E-state index contributed by atoms with van der Waals surface area (Å²) in [5, 5.41) is 3.06. The number of terminal acetylenes is 1. The fraction of sp³-hybridized carbons (Fsp3) is 0.385. The Morgan fingerprint density at radius 2 is 1.72 bits per heavy atom. The zero-order chi connectivity index (χ0) is 13.8. The quantitative estimate of drug-likeness (QED) is 0.799. The molecule has 98 valence electrons. The fourth-order valence-corrected chi connectivity index (χ4v) is 2.65. The Morgan fingerprint density at radius 3 is 2.17 bits per heavy atom. The molecule has 1 atom stereocenters. The first-order valence-corrected chi connectivity index (χ1v) is 7.18. The van der Waals surface area contributed by atoms with Gasteiger partial charge in [-0.05, 0) is 45.0 Å². The minimum Gasteiger partial charge on any atom is -0.372 e. The highest BCUT2D eigenvalue weighted by Gasteiger charge is 2.14. The van der Waals surface area contributed by atoms with E-state index in [1.165, 1.54) is 0 Å². The summed E-state index contributed by atoms with van der Waals surface area (Å²) in [5.41, 5.74) is 0.795. The van der Waals surface area contributed by atoms with E-state index >= 15 is 0 Å². The van der Waals surface area contributed by atoms with Gasteiger partial charge in [0.1, 0.15) is 0 Å². The van der Waals surface area contributed by atoms with Crippen LogP contribution in [0.25, 0.3) is 0 Å². The number of hydrogen-bond acceptors (Lipinski definition) is 3. The predicted octanol–water partition coefficient (Wildman–Crippen LogP) is 1.81. The molecule has 0 bridgehead atoms. The third kappa shape index (κ3) is 4.06. The molecule has 1 unspecified atom stereocenters. The summed E-state index contributed by atoms with van der Waals surface area (Å²) < 4.78 is 26.3. The van der Waals surface area contributed by atoms with Crippen LogP contribution in [0, 0.1) is 12.3 Å². The van der Waals surface area contributed by atoms with Gasteiger partial charge in [-0.25, -0.2) is 13.1 Å². The van der Waals surface area contributed by atoms with Crippen LogP contribution in [-0.4, -0.2) is 20.5 Å². The Morgan fingerprint density at radius 1 is 1.17 bits per heavy atom. The minimum atomic E-state index is -3.43. The average molecular weight is 266 g/mol. The van der Waals surface area contributed by atoms with E-state index in [1.54, 1.807) is 38.1 Å². The number of sulfonamides is 1. The molecule has 0 heterocycles. The standard InChI is InChI=1S/C13H18N2O2S/c1-5-11(4)14-12-6-8-13(9-7-12)18(16,17)15-10(2)3/h1,6-11,14-15H,2-4H3. The molecule has 4 nitrogen and oxygen atoms in total. The molecule has 18 heavy (non-hydrogen) atoms. The van der Waals surface area contributed by atoms with E-state index in [0.717, 1.165) is 5.69 Å². The molecule has 0 amide bonds. The summed E-state index contributed by atoms with van der Waals surface area (Å²) in [4.78, 5) is 0.245. The predicted molar refractivity (Wildman–Crippen MR) is 73.8 cm³/mol. The number of nitrogens with one attached hydrogen (secondary N) is 2. The lowest BCUT2D eigenvalue weighted by atomic mass is 10.3. The summed E-state index contributed by atoms with van der Waals surface area (Å²) in [5.74, 6) is 2.54. The second kappa shape index (κ2) is 5.89. The zero-order valence-electron chi connectivity index (χ0n) is 10.8. The van der Waals surface area contributed by atoms with Crippen LogP contribution in [0.3, 0.4) is 0 Å². The van der Waals surface area contributed by atoms with Gasteiger partial charge in [0.05, 0.1) is 10.9 Å². The normalized spacial score (nSPS) is 13.1. The van der Waals surface area contributed by atoms with E-state index in [0.29, 0.717) is 0 Å². The molecule has 0 radical (unpaired) electrons. The van der Waals surface area contributed by atoms with Crippen molar-refractivity contribution in [2.75, 3.05) is 5.32 Å². The van der Waals surface area contributed by atoms with E-state index in [9.17, 15) is 8.42 Å². The van der Waals surface area contributed by atoms with Crippen molar-refractivity contribution in [3.05, 3.63) is 24.3 Å². The van der Waals surface area contributed by atoms with Crippen molar-refractivity contribution in [1.82, 2.24) is 4.72 Å². The third-order valence-electron chi connectivity index (χ3n) is 2.19. The lowest BCUT2D eigenvalue weighted by molar-refractivity contribution is 0.570. The van der Waals surface area contributed by atoms with Gasteiger partial charge in [0.2, 0.25) is 10.0 Å². The highest BCUT2D eigenvalue weighted by atomic mass is 32.2. The maximum Gasteiger partial charge on any atom is 0.240 e. The Kier molecular flexibility index (Phi) is 4.76. The van der Waals surface area contributed by atoms with E-state index in [2.05, 4.69) is 16.0 Å². The molecule has 5 heteroatoms. The molecule has 0 aliphatic heterocycles. The van der Waals surface area contributed by atoms with Crippen LogP contribution in [0.5, 0.6) is 0 Å². The second-order valence-electron chi connectivity index (χ2n) is 4.33. The maximum absolute atomic E-state index is 11.9. The highest BCUT2D eigenvalue weighted by molar-refractivity contribution is 7.89. The van der Waals surface area contributed by atoms with Crippen molar-refractivity contribution in [3.63, 3.8) is 0 Å². The van der Waals surface area contributed by atoms with Crippen LogP contribution in [0.2, 0.25) is 0 Å². The first kappa shape index (κ1) is 14.6. The van der Waals surface area contributed by atoms with Crippen LogP contribution in [0.15, 0.2) is 29.2 Å². The third-order valence-corrected chi connectivity index (χ3v) is 3.86. The smallest absolute Gasteiger partial charge is 0.240 e. The van der Waals surface area contributed by atoms with Crippen molar-refractivity contribution in [1.29, 1.82) is 0 Å². The van der Waals surface area contributed by atoms with Crippen molar-refractivity contribution in [2.24, 2.45) is 0 Å². The van der Waals surface area contributed by atoms with Crippen LogP contribution < -0.4 is 10.0 Å². The largest absolute Gasteiger partial charge is 0.372 e. The molecular weight excluding hydrogens is 248 g/mol. The Labute approximate surface area is 109 Å². The number of hydrogen-bond donors (Lipinski definition) is 2. The van der Waals surface area contributed by atoms with Gasteiger partial charge in [-0.3, -0.25) is 0 Å². The summed E-state index contributed by atoms with van der Waals surface area (Å²) in [6, 6.07) is 6.27. The van der Waals surface area contributed by atoms with Gasteiger partial charge in [-0.2, -0.15) is 0 Å². The second-order valence-corrected chi connectivity index (χ2v) is 6.05. The van der Waals surface area contributed by atoms with Crippen LogP contribution in [0.1, 0.15) is 20.8 Å². The molecule has 0 aromatic heterocycles. The van der Waals surface area contributed by atoms with Crippen molar-refractivity contribution in [3.8, 4) is 12.3 Å². The van der Waals surface area contributed by atoms with E-state index in [4.69, 9.17) is 6.42 Å². The monoisotopic (exact) mass is 266 g/mol. The summed E-state index contributed by atoms with van der Waals surface area (Å²) in [6.07, 6.45) is 5.26. The van der Waals surface area contributed by atoms with Crippen LogP contribution in [0.4, 0.5) is 5.69 Å². The molecule has 1 aromatic rings. The minimum absolute atomic E-state index is 0.0961.